The van der Waals surface area contributed by atoms with Crippen molar-refractivity contribution in [2.45, 2.75) is 32.2 Å². The van der Waals surface area contributed by atoms with Gasteiger partial charge in [-0.3, -0.25) is 14.4 Å². The van der Waals surface area contributed by atoms with E-state index < -0.39 is 11.4 Å². The molecular formula is C26H25BrN2O5. The lowest BCUT2D eigenvalue weighted by atomic mass is 9.84. The van der Waals surface area contributed by atoms with E-state index in [4.69, 9.17) is 9.15 Å². The molecule has 7 nitrogen and oxygen atoms in total. The highest BCUT2D eigenvalue weighted by atomic mass is 79.9. The molecule has 0 radical (unpaired) electrons. The number of benzene rings is 2. The number of hydrogen-bond donors (Lipinski definition) is 0. The first-order chi connectivity index (χ1) is 16.5. The average molecular weight is 525 g/mol. The molecule has 3 heterocycles. The number of ether oxygens (including phenoxy) is 1. The van der Waals surface area contributed by atoms with E-state index in [9.17, 15) is 14.4 Å². The van der Waals surface area contributed by atoms with Crippen LogP contribution < -0.4 is 10.3 Å². The van der Waals surface area contributed by atoms with Crippen LogP contribution in [0.5, 0.6) is 0 Å². The molecule has 0 saturated carbocycles. The molecule has 176 valence electrons. The number of carbonyl (C=O) groups is 2. The first kappa shape index (κ1) is 22.8. The van der Waals surface area contributed by atoms with Crippen LogP contribution in [0.3, 0.4) is 0 Å². The number of fused-ring (bicyclic) bond motifs is 5. The van der Waals surface area contributed by atoms with Crippen molar-refractivity contribution in [3.63, 3.8) is 0 Å². The molecule has 5 rings (SSSR count). The molecule has 3 aromatic rings. The topological polar surface area (TPSA) is 80.1 Å². The molecule has 34 heavy (non-hydrogen) atoms. The second-order valence-electron chi connectivity index (χ2n) is 8.47. The van der Waals surface area contributed by atoms with Gasteiger partial charge in [-0.25, -0.2) is 0 Å². The summed E-state index contributed by atoms with van der Waals surface area (Å²) in [5.74, 6) is -0.798. The first-order valence-corrected chi connectivity index (χ1v) is 12.3. The summed E-state index contributed by atoms with van der Waals surface area (Å²) >= 11 is 3.42. The van der Waals surface area contributed by atoms with Gasteiger partial charge in [-0.1, -0.05) is 41.1 Å². The Hall–Kier alpha value is -2.97. The molecule has 2 aliphatic rings. The molecule has 2 amide bonds. The summed E-state index contributed by atoms with van der Waals surface area (Å²) in [5.41, 5.74) is -0.134. The van der Waals surface area contributed by atoms with Crippen LogP contribution in [0.2, 0.25) is 0 Å². The summed E-state index contributed by atoms with van der Waals surface area (Å²) in [6.45, 7) is 5.64. The van der Waals surface area contributed by atoms with E-state index in [0.717, 1.165) is 12.1 Å². The summed E-state index contributed by atoms with van der Waals surface area (Å²) in [5, 5.41) is 0.329. The Balaban J connectivity index is 1.81. The maximum absolute atomic E-state index is 14.3. The van der Waals surface area contributed by atoms with E-state index in [1.54, 1.807) is 23.1 Å². The van der Waals surface area contributed by atoms with E-state index >= 15 is 0 Å². The first-order valence-electron chi connectivity index (χ1n) is 11.5. The molecule has 1 aromatic heterocycles. The van der Waals surface area contributed by atoms with Crippen LogP contribution >= 0.6 is 15.9 Å². The van der Waals surface area contributed by atoms with Gasteiger partial charge in [0, 0.05) is 36.3 Å². The fourth-order valence-electron chi connectivity index (χ4n) is 5.18. The second-order valence-corrected chi connectivity index (χ2v) is 9.38. The third kappa shape index (κ3) is 3.08. The molecule has 0 bridgehead atoms. The quantitative estimate of drug-likeness (QED) is 0.427. The fourth-order valence-corrected chi connectivity index (χ4v) is 5.54. The van der Waals surface area contributed by atoms with Crippen LogP contribution in [0.4, 0.5) is 5.69 Å². The number of amides is 2. The lowest BCUT2D eigenvalue weighted by Crippen LogP contribution is -2.53. The van der Waals surface area contributed by atoms with Crippen molar-refractivity contribution in [1.29, 1.82) is 0 Å². The maximum Gasteiger partial charge on any atom is 0.291 e. The third-order valence-corrected chi connectivity index (χ3v) is 7.01. The normalized spacial score (nSPS) is 18.9. The van der Waals surface area contributed by atoms with Crippen molar-refractivity contribution in [3.05, 3.63) is 74.0 Å². The standard InChI is InChI=1S/C26H25BrN2O5/c1-3-12-28-19-9-6-5-8-18(19)26(25(28)32)21-22(30)17-15-16(27)10-11-20(17)34-23(21)24(31)29(26)13-7-14-33-4-2/h5-6,8-11,15H,3-4,7,12-14H2,1-2H3. The Labute approximate surface area is 205 Å². The van der Waals surface area contributed by atoms with Gasteiger partial charge >= 0.3 is 0 Å². The zero-order valence-corrected chi connectivity index (χ0v) is 20.7. The molecule has 0 saturated heterocycles. The van der Waals surface area contributed by atoms with Crippen LogP contribution in [-0.4, -0.2) is 43.0 Å². The second kappa shape index (κ2) is 8.67. The smallest absolute Gasteiger partial charge is 0.291 e. The minimum atomic E-state index is -1.55. The Morgan fingerprint density at radius 1 is 1.06 bits per heavy atom. The van der Waals surface area contributed by atoms with Gasteiger partial charge in [-0.05, 0) is 44.0 Å². The molecular weight excluding hydrogens is 500 g/mol. The van der Waals surface area contributed by atoms with Crippen molar-refractivity contribution in [1.82, 2.24) is 4.90 Å². The van der Waals surface area contributed by atoms with Crippen molar-refractivity contribution < 1.29 is 18.7 Å². The molecule has 1 atom stereocenters. The molecule has 2 aliphatic heterocycles. The van der Waals surface area contributed by atoms with Gasteiger partial charge in [0.25, 0.3) is 11.8 Å². The number of hydrogen-bond acceptors (Lipinski definition) is 5. The zero-order valence-electron chi connectivity index (χ0n) is 19.1. The summed E-state index contributed by atoms with van der Waals surface area (Å²) in [4.78, 5) is 45.2. The molecule has 1 spiro atoms. The predicted octanol–water partition coefficient (Wildman–Crippen LogP) is 4.44. The lowest BCUT2D eigenvalue weighted by Gasteiger charge is -2.34. The van der Waals surface area contributed by atoms with E-state index in [1.807, 2.05) is 38.1 Å². The largest absolute Gasteiger partial charge is 0.450 e. The van der Waals surface area contributed by atoms with E-state index in [-0.39, 0.29) is 29.2 Å². The van der Waals surface area contributed by atoms with Crippen molar-refractivity contribution in [3.8, 4) is 0 Å². The minimum Gasteiger partial charge on any atom is -0.450 e. The Morgan fingerprint density at radius 3 is 2.62 bits per heavy atom. The van der Waals surface area contributed by atoms with Crippen LogP contribution in [0.15, 0.2) is 56.1 Å². The number of anilines is 1. The summed E-state index contributed by atoms with van der Waals surface area (Å²) in [7, 11) is 0. The summed E-state index contributed by atoms with van der Waals surface area (Å²) in [6, 6.07) is 12.5. The van der Waals surface area contributed by atoms with Crippen molar-refractivity contribution in [2.24, 2.45) is 0 Å². The van der Waals surface area contributed by atoms with Crippen molar-refractivity contribution in [2.75, 3.05) is 31.2 Å². The molecule has 1 unspecified atom stereocenters. The maximum atomic E-state index is 14.3. The molecule has 0 N–H and O–H groups in total. The van der Waals surface area contributed by atoms with Gasteiger partial charge < -0.3 is 19.0 Å². The van der Waals surface area contributed by atoms with E-state index in [0.29, 0.717) is 47.2 Å². The van der Waals surface area contributed by atoms with Crippen LogP contribution in [-0.2, 0) is 15.1 Å². The average Bonchev–Trinajstić information content (AvgIpc) is 3.23. The van der Waals surface area contributed by atoms with E-state index in [1.165, 1.54) is 4.90 Å². The number of rotatable bonds is 7. The molecule has 0 aliphatic carbocycles. The highest BCUT2D eigenvalue weighted by molar-refractivity contribution is 9.10. The highest BCUT2D eigenvalue weighted by Crippen LogP contribution is 2.52. The lowest BCUT2D eigenvalue weighted by molar-refractivity contribution is -0.126. The molecule has 2 aromatic carbocycles. The minimum absolute atomic E-state index is 0.0577. The van der Waals surface area contributed by atoms with E-state index in [2.05, 4.69) is 15.9 Å². The summed E-state index contributed by atoms with van der Waals surface area (Å²) < 4.78 is 12.2. The Morgan fingerprint density at radius 2 is 1.85 bits per heavy atom. The predicted molar refractivity (Wildman–Crippen MR) is 132 cm³/mol. The number of halogens is 1. The summed E-state index contributed by atoms with van der Waals surface area (Å²) in [6.07, 6.45) is 1.26. The Kier molecular flexibility index (Phi) is 5.81. The van der Waals surface area contributed by atoms with Crippen LogP contribution in [0, 0.1) is 0 Å². The highest BCUT2D eigenvalue weighted by Gasteiger charge is 2.64. The number of nitrogens with zero attached hydrogens (tertiary/aromatic N) is 2. The van der Waals surface area contributed by atoms with Gasteiger partial charge in [0.15, 0.2) is 11.0 Å². The zero-order chi connectivity index (χ0) is 24.0. The van der Waals surface area contributed by atoms with Crippen LogP contribution in [0.25, 0.3) is 11.0 Å². The SMILES string of the molecule is CCCN1C(=O)C2(c3ccccc31)c1c(oc3ccc(Br)cc3c1=O)C(=O)N2CCCOCC. The monoisotopic (exact) mass is 524 g/mol. The Bertz CT molecular complexity index is 1370. The van der Waals surface area contributed by atoms with Gasteiger partial charge in [0.1, 0.15) is 5.58 Å². The van der Waals surface area contributed by atoms with Gasteiger partial charge in [0.2, 0.25) is 5.76 Å². The molecule has 8 heteroatoms. The number of carbonyl (C=O) groups excluding carboxylic acids is 2. The van der Waals surface area contributed by atoms with Crippen molar-refractivity contribution >= 4 is 44.4 Å². The van der Waals surface area contributed by atoms with Crippen LogP contribution in [0.1, 0.15) is 48.4 Å². The third-order valence-electron chi connectivity index (χ3n) is 6.52. The van der Waals surface area contributed by atoms with Gasteiger partial charge in [-0.15, -0.1) is 0 Å². The fraction of sp³-hybridized carbons (Fsp3) is 0.346. The molecule has 0 fully saturated rings. The number of para-hydroxylation sites is 1. The van der Waals surface area contributed by atoms with Gasteiger partial charge in [0.05, 0.1) is 16.6 Å². The van der Waals surface area contributed by atoms with Gasteiger partial charge in [-0.2, -0.15) is 0 Å².